The number of hydrogen-bond donors (Lipinski definition) is 2. The first kappa shape index (κ1) is 12.8. The van der Waals surface area contributed by atoms with Gasteiger partial charge >= 0.3 is 5.69 Å². The first-order valence-corrected chi connectivity index (χ1v) is 7.76. The molecule has 2 fully saturated rings. The van der Waals surface area contributed by atoms with Crippen LogP contribution in [0.1, 0.15) is 32.1 Å². The van der Waals surface area contributed by atoms with Gasteiger partial charge in [0.05, 0.1) is 0 Å². The van der Waals surface area contributed by atoms with Crippen LogP contribution in [0.2, 0.25) is 0 Å². The molecule has 7 nitrogen and oxygen atoms in total. The number of nitrogens with one attached hydrogen (secondary N) is 2. The van der Waals surface area contributed by atoms with Crippen LogP contribution in [-0.2, 0) is 0 Å². The smallest absolute Gasteiger partial charge is 0.348 e. The molecule has 2 aromatic heterocycles. The van der Waals surface area contributed by atoms with Gasteiger partial charge in [0.1, 0.15) is 12.1 Å². The maximum absolute atomic E-state index is 11.5. The summed E-state index contributed by atoms with van der Waals surface area (Å²) in [7, 11) is 0. The van der Waals surface area contributed by atoms with Crippen LogP contribution in [0.3, 0.4) is 0 Å². The predicted octanol–water partition coefficient (Wildman–Crippen LogP) is 0.528. The summed E-state index contributed by atoms with van der Waals surface area (Å²) in [5.41, 5.74) is 0.394. The third-order valence-electron chi connectivity index (χ3n) is 4.70. The van der Waals surface area contributed by atoms with Gasteiger partial charge in [0.2, 0.25) is 0 Å². The highest BCUT2D eigenvalue weighted by atomic mass is 16.1. The molecule has 2 atom stereocenters. The van der Waals surface area contributed by atoms with Crippen molar-refractivity contribution in [2.45, 2.75) is 44.2 Å². The molecule has 7 heteroatoms. The number of aromatic amines is 1. The Bertz CT molecular complexity index is 686. The quantitative estimate of drug-likeness (QED) is 0.843. The normalized spacial score (nSPS) is 26.6. The molecule has 4 heterocycles. The SMILES string of the molecule is O=c1[nH]nc2cc(N3CCCCC3C3CCCN3)ncn12. The van der Waals surface area contributed by atoms with E-state index >= 15 is 0 Å². The summed E-state index contributed by atoms with van der Waals surface area (Å²) in [6.45, 7) is 2.15. The fraction of sp³-hybridized carbons (Fsp3) is 0.643. The highest BCUT2D eigenvalue weighted by Gasteiger charge is 2.32. The molecule has 2 N–H and O–H groups in total. The van der Waals surface area contributed by atoms with Gasteiger partial charge in [-0.2, -0.15) is 5.10 Å². The van der Waals surface area contributed by atoms with Crippen molar-refractivity contribution >= 4 is 11.5 Å². The average Bonchev–Trinajstić information content (AvgIpc) is 3.17. The largest absolute Gasteiger partial charge is 0.352 e. The lowest BCUT2D eigenvalue weighted by molar-refractivity contribution is 0.376. The van der Waals surface area contributed by atoms with E-state index < -0.39 is 0 Å². The number of anilines is 1. The van der Waals surface area contributed by atoms with E-state index in [9.17, 15) is 4.79 Å². The van der Waals surface area contributed by atoms with Crippen molar-refractivity contribution < 1.29 is 0 Å². The number of H-pyrrole nitrogens is 1. The fourth-order valence-corrected chi connectivity index (χ4v) is 3.66. The number of aromatic nitrogens is 4. The standard InChI is InChI=1S/C14H20N6O/c21-14-18-17-13-8-12(16-9-20(13)14)19-7-2-1-5-11(19)10-4-3-6-15-10/h8-11,15H,1-7H2,(H,18,21). The average molecular weight is 288 g/mol. The van der Waals surface area contributed by atoms with Gasteiger partial charge in [-0.3, -0.25) is 0 Å². The van der Waals surface area contributed by atoms with Crippen LogP contribution in [0.15, 0.2) is 17.2 Å². The molecule has 112 valence electrons. The van der Waals surface area contributed by atoms with Gasteiger partial charge in [-0.05, 0) is 38.6 Å². The number of hydrogen-bond acceptors (Lipinski definition) is 5. The van der Waals surface area contributed by atoms with Crippen LogP contribution in [0, 0.1) is 0 Å². The Kier molecular flexibility index (Phi) is 3.14. The summed E-state index contributed by atoms with van der Waals surface area (Å²) in [6, 6.07) is 2.97. The van der Waals surface area contributed by atoms with Crippen molar-refractivity contribution in [1.29, 1.82) is 0 Å². The second kappa shape index (κ2) is 5.14. The Morgan fingerprint density at radius 3 is 3.05 bits per heavy atom. The molecule has 0 amide bonds. The minimum Gasteiger partial charge on any atom is -0.352 e. The van der Waals surface area contributed by atoms with Crippen molar-refractivity contribution in [3.8, 4) is 0 Å². The molecular weight excluding hydrogens is 268 g/mol. The van der Waals surface area contributed by atoms with E-state index in [0.717, 1.165) is 18.9 Å². The van der Waals surface area contributed by atoms with Crippen molar-refractivity contribution in [1.82, 2.24) is 24.9 Å². The van der Waals surface area contributed by atoms with Crippen molar-refractivity contribution in [2.24, 2.45) is 0 Å². The second-order valence-corrected chi connectivity index (χ2v) is 5.96. The van der Waals surface area contributed by atoms with Crippen LogP contribution >= 0.6 is 0 Å². The lowest BCUT2D eigenvalue weighted by Crippen LogP contribution is -2.50. The Hall–Kier alpha value is -1.89. The van der Waals surface area contributed by atoms with Crippen LogP contribution in [-0.4, -0.2) is 44.8 Å². The predicted molar refractivity (Wildman–Crippen MR) is 79.6 cm³/mol. The topological polar surface area (TPSA) is 78.3 Å². The molecule has 2 aliphatic rings. The lowest BCUT2D eigenvalue weighted by Gasteiger charge is -2.40. The summed E-state index contributed by atoms with van der Waals surface area (Å²) in [5.74, 6) is 0.930. The van der Waals surface area contributed by atoms with Crippen LogP contribution in [0.4, 0.5) is 5.82 Å². The Labute approximate surface area is 122 Å². The Morgan fingerprint density at radius 2 is 2.19 bits per heavy atom. The Morgan fingerprint density at radius 1 is 1.24 bits per heavy atom. The van der Waals surface area contributed by atoms with Crippen LogP contribution in [0.5, 0.6) is 0 Å². The molecule has 2 saturated heterocycles. The lowest BCUT2D eigenvalue weighted by atomic mass is 9.94. The highest BCUT2D eigenvalue weighted by molar-refractivity contribution is 5.51. The van der Waals surface area contributed by atoms with Gasteiger partial charge in [0.15, 0.2) is 5.65 Å². The summed E-state index contributed by atoms with van der Waals surface area (Å²) in [4.78, 5) is 18.4. The zero-order valence-corrected chi connectivity index (χ0v) is 12.0. The van der Waals surface area contributed by atoms with Crippen molar-refractivity contribution in [2.75, 3.05) is 18.0 Å². The summed E-state index contributed by atoms with van der Waals surface area (Å²) < 4.78 is 1.44. The zero-order chi connectivity index (χ0) is 14.2. The first-order chi connectivity index (χ1) is 10.3. The van der Waals surface area contributed by atoms with Gasteiger partial charge < -0.3 is 10.2 Å². The molecule has 4 rings (SSSR count). The maximum atomic E-state index is 11.5. The molecule has 0 aliphatic carbocycles. The van der Waals surface area contributed by atoms with Gasteiger partial charge in [0.25, 0.3) is 0 Å². The van der Waals surface area contributed by atoms with Crippen molar-refractivity contribution in [3.63, 3.8) is 0 Å². The third kappa shape index (κ3) is 2.21. The van der Waals surface area contributed by atoms with E-state index in [0.29, 0.717) is 17.7 Å². The van der Waals surface area contributed by atoms with Gasteiger partial charge in [0, 0.05) is 24.7 Å². The number of rotatable bonds is 2. The van der Waals surface area contributed by atoms with Crippen molar-refractivity contribution in [3.05, 3.63) is 22.9 Å². The second-order valence-electron chi connectivity index (χ2n) is 5.96. The van der Waals surface area contributed by atoms with Crippen LogP contribution < -0.4 is 15.9 Å². The highest BCUT2D eigenvalue weighted by Crippen LogP contribution is 2.28. The molecule has 0 saturated carbocycles. The monoisotopic (exact) mass is 288 g/mol. The van der Waals surface area contributed by atoms with E-state index in [4.69, 9.17) is 0 Å². The molecule has 2 aromatic rings. The summed E-state index contributed by atoms with van der Waals surface area (Å²) in [6.07, 6.45) is 7.76. The molecular formula is C14H20N6O. The molecule has 0 spiro atoms. The van der Waals surface area contributed by atoms with Gasteiger partial charge in [-0.1, -0.05) is 0 Å². The van der Waals surface area contributed by atoms with Gasteiger partial charge in [-0.25, -0.2) is 19.3 Å². The first-order valence-electron chi connectivity index (χ1n) is 7.76. The molecule has 2 unspecified atom stereocenters. The minimum absolute atomic E-state index is 0.239. The maximum Gasteiger partial charge on any atom is 0.348 e. The molecule has 0 aromatic carbocycles. The molecule has 0 radical (unpaired) electrons. The Balaban J connectivity index is 1.68. The van der Waals surface area contributed by atoms with E-state index in [2.05, 4.69) is 25.4 Å². The zero-order valence-electron chi connectivity index (χ0n) is 12.0. The number of fused-ring (bicyclic) bond motifs is 1. The fourth-order valence-electron chi connectivity index (χ4n) is 3.66. The van der Waals surface area contributed by atoms with E-state index in [1.807, 2.05) is 6.07 Å². The number of piperidine rings is 1. The van der Waals surface area contributed by atoms with E-state index in [1.165, 1.54) is 36.5 Å². The summed E-state index contributed by atoms with van der Waals surface area (Å²) >= 11 is 0. The van der Waals surface area contributed by atoms with E-state index in [1.54, 1.807) is 6.33 Å². The molecule has 0 bridgehead atoms. The van der Waals surface area contributed by atoms with E-state index in [-0.39, 0.29) is 5.69 Å². The molecule has 2 aliphatic heterocycles. The minimum atomic E-state index is -0.239. The van der Waals surface area contributed by atoms with Crippen LogP contribution in [0.25, 0.3) is 5.65 Å². The third-order valence-corrected chi connectivity index (χ3v) is 4.70. The van der Waals surface area contributed by atoms with Gasteiger partial charge in [-0.15, -0.1) is 0 Å². The summed E-state index contributed by atoms with van der Waals surface area (Å²) in [5, 5.41) is 10.1. The number of nitrogens with zero attached hydrogens (tertiary/aromatic N) is 4. The molecule has 21 heavy (non-hydrogen) atoms.